The van der Waals surface area contributed by atoms with Crippen molar-refractivity contribution < 1.29 is 5.11 Å². The number of aliphatic hydroxyl groups is 1. The van der Waals surface area contributed by atoms with Gasteiger partial charge in [-0.2, -0.15) is 0 Å². The van der Waals surface area contributed by atoms with Crippen LogP contribution in [0.3, 0.4) is 0 Å². The molecule has 0 aliphatic carbocycles. The van der Waals surface area contributed by atoms with Crippen LogP contribution in [0.4, 0.5) is 0 Å². The average Bonchev–Trinajstić information content (AvgIpc) is 2.25. The molecule has 3 heteroatoms. The monoisotopic (exact) mass is 285 g/mol. The Labute approximate surface area is 106 Å². The molecule has 2 N–H and O–H groups in total. The third kappa shape index (κ3) is 3.89. The summed E-state index contributed by atoms with van der Waals surface area (Å²) in [5, 5.41) is 12.7. The smallest absolute Gasteiger partial charge is 0.0587 e. The van der Waals surface area contributed by atoms with E-state index in [9.17, 15) is 5.11 Å². The fourth-order valence-corrected chi connectivity index (χ4v) is 2.07. The number of nitrogens with one attached hydrogen (secondary N) is 1. The summed E-state index contributed by atoms with van der Waals surface area (Å²) in [7, 11) is 0. The molecule has 0 aliphatic rings. The van der Waals surface area contributed by atoms with Gasteiger partial charge in [-0.05, 0) is 30.5 Å². The van der Waals surface area contributed by atoms with Gasteiger partial charge in [0.2, 0.25) is 0 Å². The molecule has 1 aromatic carbocycles. The molecule has 0 aliphatic heterocycles. The van der Waals surface area contributed by atoms with E-state index in [1.165, 1.54) is 5.56 Å². The lowest BCUT2D eigenvalue weighted by molar-refractivity contribution is 0.201. The van der Waals surface area contributed by atoms with Crippen molar-refractivity contribution in [3.8, 4) is 0 Å². The van der Waals surface area contributed by atoms with E-state index in [1.54, 1.807) is 0 Å². The average molecular weight is 286 g/mol. The Morgan fingerprint density at radius 2 is 2.00 bits per heavy atom. The molecule has 1 aromatic rings. The van der Waals surface area contributed by atoms with E-state index in [2.05, 4.69) is 54.2 Å². The highest BCUT2D eigenvalue weighted by molar-refractivity contribution is 9.10. The second kappa shape index (κ2) is 6.38. The van der Waals surface area contributed by atoms with Gasteiger partial charge < -0.3 is 10.4 Å². The quantitative estimate of drug-likeness (QED) is 0.871. The molecule has 0 heterocycles. The number of aliphatic hydroxyl groups excluding tert-OH is 1. The van der Waals surface area contributed by atoms with Gasteiger partial charge >= 0.3 is 0 Å². The fraction of sp³-hybridized carbons (Fsp3) is 0.538. The Balaban J connectivity index is 2.67. The summed E-state index contributed by atoms with van der Waals surface area (Å²) < 4.78 is 1.09. The largest absolute Gasteiger partial charge is 0.395 e. The maximum Gasteiger partial charge on any atom is 0.0587 e. The summed E-state index contributed by atoms with van der Waals surface area (Å²) >= 11 is 3.47. The molecule has 2 nitrogen and oxygen atoms in total. The third-order valence-corrected chi connectivity index (χ3v) is 3.31. The van der Waals surface area contributed by atoms with E-state index in [-0.39, 0.29) is 18.7 Å². The van der Waals surface area contributed by atoms with Gasteiger partial charge in [-0.1, -0.05) is 41.9 Å². The Kier molecular flexibility index (Phi) is 5.46. The first-order valence-corrected chi connectivity index (χ1v) is 6.46. The molecule has 1 unspecified atom stereocenters. The highest BCUT2D eigenvalue weighted by atomic mass is 79.9. The van der Waals surface area contributed by atoms with Crippen LogP contribution in [0.2, 0.25) is 0 Å². The van der Waals surface area contributed by atoms with Crippen molar-refractivity contribution in [3.63, 3.8) is 0 Å². The third-order valence-electron chi connectivity index (χ3n) is 2.81. The van der Waals surface area contributed by atoms with Crippen molar-refractivity contribution in [2.24, 2.45) is 5.92 Å². The minimum Gasteiger partial charge on any atom is -0.395 e. The number of hydrogen-bond donors (Lipinski definition) is 2. The molecule has 0 aromatic heterocycles. The summed E-state index contributed by atoms with van der Waals surface area (Å²) in [4.78, 5) is 0. The van der Waals surface area contributed by atoms with Crippen LogP contribution < -0.4 is 5.32 Å². The first-order chi connectivity index (χ1) is 7.54. The highest BCUT2D eigenvalue weighted by Crippen LogP contribution is 2.19. The molecule has 0 saturated heterocycles. The lowest BCUT2D eigenvalue weighted by Crippen LogP contribution is -2.38. The van der Waals surface area contributed by atoms with Gasteiger partial charge in [0.1, 0.15) is 0 Å². The molecule has 0 bridgehead atoms. The minimum absolute atomic E-state index is 0.147. The van der Waals surface area contributed by atoms with E-state index < -0.39 is 0 Å². The van der Waals surface area contributed by atoms with Crippen LogP contribution in [0.5, 0.6) is 0 Å². The van der Waals surface area contributed by atoms with Crippen LogP contribution in [0.25, 0.3) is 0 Å². The van der Waals surface area contributed by atoms with Crippen LogP contribution in [0.1, 0.15) is 32.4 Å². The molecule has 0 spiro atoms. The van der Waals surface area contributed by atoms with Crippen LogP contribution in [0, 0.1) is 5.92 Å². The second-order valence-corrected chi connectivity index (χ2v) is 5.39. The molecule has 90 valence electrons. The summed E-state index contributed by atoms with van der Waals surface area (Å²) in [6.07, 6.45) is 0. The summed E-state index contributed by atoms with van der Waals surface area (Å²) in [6, 6.07) is 8.64. The van der Waals surface area contributed by atoms with Crippen molar-refractivity contribution >= 4 is 15.9 Å². The van der Waals surface area contributed by atoms with Crippen molar-refractivity contribution in [1.29, 1.82) is 0 Å². The maximum atomic E-state index is 9.28. The molecule has 16 heavy (non-hydrogen) atoms. The predicted octanol–water partition coefficient (Wildman–Crippen LogP) is 3.12. The standard InChI is InChI=1S/C13H20BrNO/c1-9(2)13(8-16)15-10(3)11-5-4-6-12(14)7-11/h4-7,9-10,13,15-16H,8H2,1-3H3/t10?,13-/m1/s1. The van der Waals surface area contributed by atoms with E-state index in [4.69, 9.17) is 0 Å². The first kappa shape index (κ1) is 13.7. The lowest BCUT2D eigenvalue weighted by Gasteiger charge is -2.25. The summed E-state index contributed by atoms with van der Waals surface area (Å²) in [5.41, 5.74) is 1.23. The zero-order chi connectivity index (χ0) is 12.1. The van der Waals surface area contributed by atoms with Crippen molar-refractivity contribution in [1.82, 2.24) is 5.32 Å². The normalized spacial score (nSPS) is 15.1. The molecule has 0 amide bonds. The second-order valence-electron chi connectivity index (χ2n) is 4.48. The topological polar surface area (TPSA) is 32.3 Å². The first-order valence-electron chi connectivity index (χ1n) is 5.67. The van der Waals surface area contributed by atoms with E-state index in [0.717, 1.165) is 4.47 Å². The summed E-state index contributed by atoms with van der Waals surface area (Å²) in [5.74, 6) is 0.430. The van der Waals surface area contributed by atoms with E-state index in [0.29, 0.717) is 5.92 Å². The van der Waals surface area contributed by atoms with Crippen molar-refractivity contribution in [2.75, 3.05) is 6.61 Å². The van der Waals surface area contributed by atoms with E-state index in [1.807, 2.05) is 12.1 Å². The molecular weight excluding hydrogens is 266 g/mol. The van der Waals surface area contributed by atoms with Crippen LogP contribution in [-0.4, -0.2) is 17.8 Å². The minimum atomic E-state index is 0.147. The van der Waals surface area contributed by atoms with Gasteiger partial charge in [0.05, 0.1) is 6.61 Å². The van der Waals surface area contributed by atoms with Crippen LogP contribution >= 0.6 is 15.9 Å². The molecular formula is C13H20BrNO. The van der Waals surface area contributed by atoms with Gasteiger partial charge in [-0.15, -0.1) is 0 Å². The van der Waals surface area contributed by atoms with Crippen LogP contribution in [-0.2, 0) is 0 Å². The molecule has 0 radical (unpaired) electrons. The molecule has 1 rings (SSSR count). The highest BCUT2D eigenvalue weighted by Gasteiger charge is 2.15. The van der Waals surface area contributed by atoms with Gasteiger partial charge in [-0.25, -0.2) is 0 Å². The predicted molar refractivity (Wildman–Crippen MR) is 71.4 cm³/mol. The summed E-state index contributed by atoms with van der Waals surface area (Å²) in [6.45, 7) is 6.52. The Hall–Kier alpha value is -0.380. The Morgan fingerprint density at radius 1 is 1.31 bits per heavy atom. The SMILES string of the molecule is CC(N[C@H](CO)C(C)C)c1cccc(Br)c1. The number of halogens is 1. The lowest BCUT2D eigenvalue weighted by atomic mass is 10.0. The maximum absolute atomic E-state index is 9.28. The Morgan fingerprint density at radius 3 is 2.50 bits per heavy atom. The van der Waals surface area contributed by atoms with Crippen molar-refractivity contribution in [3.05, 3.63) is 34.3 Å². The Bertz CT molecular complexity index is 327. The zero-order valence-corrected chi connectivity index (χ0v) is 11.7. The van der Waals surface area contributed by atoms with Gasteiger partial charge in [-0.3, -0.25) is 0 Å². The number of hydrogen-bond acceptors (Lipinski definition) is 2. The zero-order valence-electron chi connectivity index (χ0n) is 10.1. The number of rotatable bonds is 5. The fourth-order valence-electron chi connectivity index (χ4n) is 1.65. The van der Waals surface area contributed by atoms with Crippen LogP contribution in [0.15, 0.2) is 28.7 Å². The molecule has 2 atom stereocenters. The van der Waals surface area contributed by atoms with Gasteiger partial charge in [0.25, 0.3) is 0 Å². The molecule has 0 fully saturated rings. The van der Waals surface area contributed by atoms with E-state index >= 15 is 0 Å². The number of benzene rings is 1. The van der Waals surface area contributed by atoms with Gasteiger partial charge in [0, 0.05) is 16.6 Å². The van der Waals surface area contributed by atoms with Crippen molar-refractivity contribution in [2.45, 2.75) is 32.9 Å². The molecule has 0 saturated carbocycles. The van der Waals surface area contributed by atoms with Gasteiger partial charge in [0.15, 0.2) is 0 Å².